The summed E-state index contributed by atoms with van der Waals surface area (Å²) in [5.74, 6) is 0.385. The second-order valence-corrected chi connectivity index (χ2v) is 5.68. The molecule has 0 saturated heterocycles. The number of anilines is 1. The van der Waals surface area contributed by atoms with Gasteiger partial charge in [-0.2, -0.15) is 0 Å². The van der Waals surface area contributed by atoms with E-state index in [1.54, 1.807) is 0 Å². The van der Waals surface area contributed by atoms with Crippen LogP contribution in [0.3, 0.4) is 0 Å². The number of hydrogen-bond acceptors (Lipinski definition) is 4. The summed E-state index contributed by atoms with van der Waals surface area (Å²) >= 11 is 1.47. The van der Waals surface area contributed by atoms with Crippen LogP contribution in [-0.2, 0) is 11.2 Å². The summed E-state index contributed by atoms with van der Waals surface area (Å²) in [5.41, 5.74) is 0.995. The van der Waals surface area contributed by atoms with Crippen molar-refractivity contribution in [3.05, 3.63) is 40.9 Å². The highest BCUT2D eigenvalue weighted by molar-refractivity contribution is 7.15. The van der Waals surface area contributed by atoms with Crippen molar-refractivity contribution in [2.24, 2.45) is 0 Å². The van der Waals surface area contributed by atoms with Gasteiger partial charge < -0.3 is 5.32 Å². The molecule has 2 rings (SSSR count). The van der Waals surface area contributed by atoms with Gasteiger partial charge in [0.1, 0.15) is 5.01 Å². The van der Waals surface area contributed by atoms with Crippen LogP contribution in [0, 0.1) is 0 Å². The zero-order valence-electron chi connectivity index (χ0n) is 11.8. The van der Waals surface area contributed by atoms with E-state index in [1.165, 1.54) is 11.3 Å². The Bertz CT molecular complexity index is 549. The molecule has 0 aliphatic rings. The Morgan fingerprint density at radius 1 is 1.20 bits per heavy atom. The molecule has 1 aromatic heterocycles. The Morgan fingerprint density at radius 2 is 1.90 bits per heavy atom. The third-order valence-electron chi connectivity index (χ3n) is 3.23. The first-order valence-corrected chi connectivity index (χ1v) is 7.71. The first-order chi connectivity index (χ1) is 9.72. The van der Waals surface area contributed by atoms with Crippen LogP contribution in [0.2, 0.25) is 0 Å². The van der Waals surface area contributed by atoms with Crippen molar-refractivity contribution >= 4 is 22.4 Å². The summed E-state index contributed by atoms with van der Waals surface area (Å²) in [6.07, 6.45) is 2.45. The predicted octanol–water partition coefficient (Wildman–Crippen LogP) is 3.62. The van der Waals surface area contributed by atoms with Crippen LogP contribution in [0.5, 0.6) is 0 Å². The van der Waals surface area contributed by atoms with Crippen LogP contribution in [0.25, 0.3) is 0 Å². The van der Waals surface area contributed by atoms with Crippen molar-refractivity contribution < 1.29 is 4.79 Å². The van der Waals surface area contributed by atoms with Crippen LogP contribution in [0.15, 0.2) is 30.3 Å². The van der Waals surface area contributed by atoms with Crippen LogP contribution in [-0.4, -0.2) is 16.1 Å². The topological polar surface area (TPSA) is 54.9 Å². The lowest BCUT2D eigenvalue weighted by molar-refractivity contribution is -0.115. The molecular formula is C15H19N3OS. The van der Waals surface area contributed by atoms with Gasteiger partial charge in [-0.1, -0.05) is 55.5 Å². The maximum atomic E-state index is 11.9. The molecular weight excluding hydrogens is 270 g/mol. The number of nitrogens with one attached hydrogen (secondary N) is 1. The largest absolute Gasteiger partial charge is 0.300 e. The molecule has 2 aromatic rings. The van der Waals surface area contributed by atoms with Gasteiger partial charge in [-0.25, -0.2) is 0 Å². The fraction of sp³-hybridized carbons (Fsp3) is 0.400. The number of aromatic nitrogens is 2. The number of hydrogen-bond donors (Lipinski definition) is 1. The van der Waals surface area contributed by atoms with E-state index in [4.69, 9.17) is 0 Å². The summed E-state index contributed by atoms with van der Waals surface area (Å²) < 4.78 is 0. The molecule has 20 heavy (non-hydrogen) atoms. The highest BCUT2D eigenvalue weighted by atomic mass is 32.1. The van der Waals surface area contributed by atoms with Gasteiger partial charge in [0.15, 0.2) is 0 Å². The summed E-state index contributed by atoms with van der Waals surface area (Å²) in [4.78, 5) is 11.9. The van der Waals surface area contributed by atoms with E-state index in [-0.39, 0.29) is 5.91 Å². The number of benzene rings is 1. The zero-order chi connectivity index (χ0) is 14.4. The van der Waals surface area contributed by atoms with Gasteiger partial charge in [-0.05, 0) is 18.4 Å². The second kappa shape index (κ2) is 7.14. The Labute approximate surface area is 123 Å². The van der Waals surface area contributed by atoms with Crippen LogP contribution < -0.4 is 5.32 Å². The molecule has 4 nitrogen and oxygen atoms in total. The van der Waals surface area contributed by atoms with Crippen molar-refractivity contribution in [1.82, 2.24) is 10.2 Å². The van der Waals surface area contributed by atoms with Gasteiger partial charge in [0, 0.05) is 5.92 Å². The molecule has 1 amide bonds. The molecule has 0 aliphatic carbocycles. The van der Waals surface area contributed by atoms with Gasteiger partial charge >= 0.3 is 0 Å². The zero-order valence-corrected chi connectivity index (χ0v) is 12.6. The number of nitrogens with zero attached hydrogens (tertiary/aromatic N) is 2. The van der Waals surface area contributed by atoms with E-state index in [2.05, 4.69) is 29.4 Å². The summed E-state index contributed by atoms with van der Waals surface area (Å²) in [5, 5.41) is 12.6. The molecule has 106 valence electrons. The Balaban J connectivity index is 1.95. The molecule has 0 bridgehead atoms. The van der Waals surface area contributed by atoms with Gasteiger partial charge in [0.2, 0.25) is 11.0 Å². The van der Waals surface area contributed by atoms with Gasteiger partial charge in [0.05, 0.1) is 6.42 Å². The molecule has 1 aromatic carbocycles. The minimum atomic E-state index is -0.0524. The number of rotatable bonds is 6. The highest BCUT2D eigenvalue weighted by Crippen LogP contribution is 2.28. The quantitative estimate of drug-likeness (QED) is 0.883. The highest BCUT2D eigenvalue weighted by Gasteiger charge is 2.14. The average Bonchev–Trinajstić information content (AvgIpc) is 2.89. The molecule has 1 N–H and O–H groups in total. The molecule has 0 radical (unpaired) electrons. The fourth-order valence-electron chi connectivity index (χ4n) is 2.03. The lowest BCUT2D eigenvalue weighted by Gasteiger charge is -2.05. The van der Waals surface area contributed by atoms with E-state index < -0.39 is 0 Å². The molecule has 5 heteroatoms. The van der Waals surface area contributed by atoms with E-state index >= 15 is 0 Å². The smallest absolute Gasteiger partial charge is 0.230 e. The maximum absolute atomic E-state index is 11.9. The Morgan fingerprint density at radius 3 is 2.55 bits per heavy atom. The predicted molar refractivity (Wildman–Crippen MR) is 82.0 cm³/mol. The molecule has 1 heterocycles. The van der Waals surface area contributed by atoms with Crippen molar-refractivity contribution in [1.29, 1.82) is 0 Å². The van der Waals surface area contributed by atoms with Crippen molar-refractivity contribution in [3.8, 4) is 0 Å². The maximum Gasteiger partial charge on any atom is 0.230 e. The van der Waals surface area contributed by atoms with E-state index in [0.29, 0.717) is 17.5 Å². The van der Waals surface area contributed by atoms with Crippen molar-refractivity contribution in [2.45, 2.75) is 39.0 Å². The summed E-state index contributed by atoms with van der Waals surface area (Å²) in [7, 11) is 0. The van der Waals surface area contributed by atoms with Crippen LogP contribution in [0.1, 0.15) is 43.2 Å². The third kappa shape index (κ3) is 3.87. The standard InChI is InChI=1S/C15H19N3OS/c1-3-12(4-2)14-17-18-15(20-14)16-13(19)10-11-8-6-5-7-9-11/h5-9,12H,3-4,10H2,1-2H3,(H,16,18,19). The SMILES string of the molecule is CCC(CC)c1nnc(NC(=O)Cc2ccccc2)s1. The molecule has 0 fully saturated rings. The van der Waals surface area contributed by atoms with E-state index in [0.717, 1.165) is 23.4 Å². The molecule has 0 spiro atoms. The lowest BCUT2D eigenvalue weighted by Crippen LogP contribution is -2.14. The molecule has 0 aliphatic heterocycles. The van der Waals surface area contributed by atoms with Crippen LogP contribution in [0.4, 0.5) is 5.13 Å². The number of carbonyl (C=O) groups excluding carboxylic acids is 1. The fourth-order valence-corrected chi connectivity index (χ4v) is 3.06. The Hall–Kier alpha value is -1.75. The van der Waals surface area contributed by atoms with Gasteiger partial charge in [-0.3, -0.25) is 4.79 Å². The first kappa shape index (κ1) is 14.7. The normalized spacial score (nSPS) is 10.8. The lowest BCUT2D eigenvalue weighted by atomic mass is 10.1. The summed E-state index contributed by atoms with van der Waals surface area (Å²) in [6, 6.07) is 9.68. The minimum absolute atomic E-state index is 0.0524. The molecule has 0 atom stereocenters. The average molecular weight is 289 g/mol. The van der Waals surface area contributed by atoms with Crippen LogP contribution >= 0.6 is 11.3 Å². The summed E-state index contributed by atoms with van der Waals surface area (Å²) in [6.45, 7) is 4.28. The van der Waals surface area contributed by atoms with E-state index in [1.807, 2.05) is 30.3 Å². The van der Waals surface area contributed by atoms with Gasteiger partial charge in [0.25, 0.3) is 0 Å². The minimum Gasteiger partial charge on any atom is -0.300 e. The van der Waals surface area contributed by atoms with Crippen molar-refractivity contribution in [3.63, 3.8) is 0 Å². The number of carbonyl (C=O) groups is 1. The van der Waals surface area contributed by atoms with Gasteiger partial charge in [-0.15, -0.1) is 10.2 Å². The molecule has 0 saturated carbocycles. The monoisotopic (exact) mass is 289 g/mol. The number of amides is 1. The van der Waals surface area contributed by atoms with Crippen molar-refractivity contribution in [2.75, 3.05) is 5.32 Å². The second-order valence-electron chi connectivity index (χ2n) is 4.67. The molecule has 0 unspecified atom stereocenters. The third-order valence-corrected chi connectivity index (χ3v) is 4.23. The van der Waals surface area contributed by atoms with E-state index in [9.17, 15) is 4.79 Å². The first-order valence-electron chi connectivity index (χ1n) is 6.90. The Kier molecular flexibility index (Phi) is 5.24.